The molecule has 2 aliphatic heterocycles. The highest BCUT2D eigenvalue weighted by Crippen LogP contribution is 2.40. The maximum absolute atomic E-state index is 12.9. The van der Waals surface area contributed by atoms with Crippen LogP contribution in [0.3, 0.4) is 0 Å². The van der Waals surface area contributed by atoms with Gasteiger partial charge in [-0.25, -0.2) is 4.98 Å². The van der Waals surface area contributed by atoms with Crippen molar-refractivity contribution in [2.45, 2.75) is 18.0 Å². The molecule has 2 aromatic heterocycles. The van der Waals surface area contributed by atoms with Gasteiger partial charge in [-0.15, -0.1) is 23.1 Å². The lowest BCUT2D eigenvalue weighted by atomic mass is 10.0. The lowest BCUT2D eigenvalue weighted by molar-refractivity contribution is -0.689. The van der Waals surface area contributed by atoms with Crippen LogP contribution in [0.5, 0.6) is 5.75 Å². The molecular formula is C20H20N6O6S2. The number of carbonyl (C=O) groups excluding carboxylic acids is 3. The lowest BCUT2D eigenvalue weighted by Gasteiger charge is -2.50. The summed E-state index contributed by atoms with van der Waals surface area (Å²) in [7, 11) is 2.81. The number of pyridine rings is 1. The van der Waals surface area contributed by atoms with Gasteiger partial charge in [-0.05, 0) is 6.07 Å². The van der Waals surface area contributed by atoms with Crippen LogP contribution in [0.4, 0.5) is 5.13 Å². The molecule has 0 aliphatic carbocycles. The average molecular weight is 505 g/mol. The number of nitrogens with two attached hydrogens (primary N) is 1. The number of nitrogens with one attached hydrogen (secondary N) is 1. The molecule has 4 rings (SSSR count). The number of thioether (sulfide) groups is 1. The van der Waals surface area contributed by atoms with Crippen LogP contribution in [0.2, 0.25) is 0 Å². The molecule has 1 fully saturated rings. The summed E-state index contributed by atoms with van der Waals surface area (Å²) >= 11 is 2.47. The molecule has 1 saturated heterocycles. The van der Waals surface area contributed by atoms with Gasteiger partial charge in [-0.2, -0.15) is 4.57 Å². The number of anilines is 1. The van der Waals surface area contributed by atoms with E-state index in [-0.39, 0.29) is 28.8 Å². The van der Waals surface area contributed by atoms with Crippen LogP contribution in [0.25, 0.3) is 0 Å². The molecule has 2 aliphatic rings. The average Bonchev–Trinajstić information content (AvgIpc) is 3.26. The predicted octanol–water partition coefficient (Wildman–Crippen LogP) is -1.52. The zero-order valence-corrected chi connectivity index (χ0v) is 19.7. The molecule has 0 saturated carbocycles. The van der Waals surface area contributed by atoms with E-state index in [0.29, 0.717) is 17.1 Å². The summed E-state index contributed by atoms with van der Waals surface area (Å²) in [5.41, 5.74) is 6.01. The van der Waals surface area contributed by atoms with E-state index in [1.165, 1.54) is 31.4 Å². The van der Waals surface area contributed by atoms with Crippen molar-refractivity contribution in [1.29, 1.82) is 0 Å². The van der Waals surface area contributed by atoms with Crippen LogP contribution < -0.4 is 25.5 Å². The largest absolute Gasteiger partial charge is 0.543 e. The number of hydrogen-bond donors (Lipinski definition) is 2. The highest BCUT2D eigenvalue weighted by molar-refractivity contribution is 8.00. The summed E-state index contributed by atoms with van der Waals surface area (Å²) in [6.45, 7) is 0.233. The van der Waals surface area contributed by atoms with Crippen molar-refractivity contribution in [3.05, 3.63) is 46.9 Å². The van der Waals surface area contributed by atoms with E-state index in [2.05, 4.69) is 15.5 Å². The molecule has 3 N–H and O–H groups in total. The molecule has 0 aromatic carbocycles. The maximum Gasteiger partial charge on any atom is 0.276 e. The van der Waals surface area contributed by atoms with Crippen molar-refractivity contribution < 1.29 is 33.6 Å². The Morgan fingerprint density at radius 2 is 2.24 bits per heavy atom. The third-order valence-electron chi connectivity index (χ3n) is 5.13. The van der Waals surface area contributed by atoms with Gasteiger partial charge in [0, 0.05) is 22.8 Å². The van der Waals surface area contributed by atoms with Gasteiger partial charge in [0.15, 0.2) is 29.3 Å². The van der Waals surface area contributed by atoms with E-state index >= 15 is 0 Å². The summed E-state index contributed by atoms with van der Waals surface area (Å²) in [4.78, 5) is 47.6. The number of carboxylic acids is 1. The molecule has 2 amide bonds. The number of carboxylic acid groups (broad SMARTS) is 1. The van der Waals surface area contributed by atoms with E-state index in [1.54, 1.807) is 29.1 Å². The second-order valence-electron chi connectivity index (χ2n) is 7.21. The fourth-order valence-electron chi connectivity index (χ4n) is 3.63. The van der Waals surface area contributed by atoms with Gasteiger partial charge in [0.05, 0.1) is 18.8 Å². The second kappa shape index (κ2) is 9.69. The SMILES string of the molecule is CO/N=C(\C(=O)N[C@@H]1C(=O)N2C(C(=O)[O-])=C(C[n+]3cccc(OC)c3)CS[C@H]12)c1csc(N)n1. The summed E-state index contributed by atoms with van der Waals surface area (Å²) in [6, 6.07) is 2.59. The minimum Gasteiger partial charge on any atom is -0.543 e. The van der Waals surface area contributed by atoms with E-state index in [4.69, 9.17) is 15.3 Å². The first kappa shape index (κ1) is 23.5. The van der Waals surface area contributed by atoms with Gasteiger partial charge < -0.3 is 30.5 Å². The van der Waals surface area contributed by atoms with Gasteiger partial charge in [0.2, 0.25) is 6.20 Å². The number of rotatable bonds is 8. The third-order valence-corrected chi connectivity index (χ3v) is 7.14. The van der Waals surface area contributed by atoms with Crippen LogP contribution in [0.15, 0.2) is 46.3 Å². The molecule has 34 heavy (non-hydrogen) atoms. The number of hydrogen-bond acceptors (Lipinski definition) is 11. The van der Waals surface area contributed by atoms with Crippen LogP contribution in [0.1, 0.15) is 5.69 Å². The number of nitrogen functional groups attached to an aromatic ring is 1. The number of oxime groups is 1. The number of fused-ring (bicyclic) bond motifs is 1. The molecule has 2 atom stereocenters. The van der Waals surface area contributed by atoms with E-state index in [1.807, 2.05) is 0 Å². The first-order chi connectivity index (χ1) is 16.3. The molecule has 0 radical (unpaired) electrons. The number of aromatic nitrogens is 2. The summed E-state index contributed by atoms with van der Waals surface area (Å²) in [6.07, 6.45) is 3.49. The fraction of sp³-hybridized carbons (Fsp3) is 0.300. The molecule has 2 aromatic rings. The standard InChI is InChI=1S/C20H20N6O6S2/c1-31-11-4-3-5-25(7-11)6-10-8-33-18-14(17(28)26(18)15(10)19(29)30)23-16(27)13(24-32-2)12-9-34-20(21)22-12/h3-5,7,9,14,18H,6,8H2,1-2H3,(H3-,21,22,23,27,29,30)/b24-13-/t14-,18-/m1/s1. The Bertz CT molecular complexity index is 1210. The number of thiazole rings is 1. The number of carbonyl (C=O) groups is 3. The van der Waals surface area contributed by atoms with E-state index < -0.39 is 29.2 Å². The smallest absolute Gasteiger partial charge is 0.276 e. The Morgan fingerprint density at radius 1 is 1.44 bits per heavy atom. The predicted molar refractivity (Wildman–Crippen MR) is 120 cm³/mol. The summed E-state index contributed by atoms with van der Waals surface area (Å²) in [5, 5.41) is 19.5. The zero-order valence-electron chi connectivity index (χ0n) is 18.1. The van der Waals surface area contributed by atoms with Crippen molar-refractivity contribution in [3.63, 3.8) is 0 Å². The fourth-order valence-corrected chi connectivity index (χ4v) is 5.52. The second-order valence-corrected chi connectivity index (χ2v) is 9.20. The summed E-state index contributed by atoms with van der Waals surface area (Å²) < 4.78 is 6.96. The van der Waals surface area contributed by atoms with Crippen molar-refractivity contribution >= 4 is 51.7 Å². The molecule has 0 spiro atoms. The molecule has 12 nitrogen and oxygen atoms in total. The number of aliphatic carboxylic acids is 1. The third kappa shape index (κ3) is 4.41. The highest BCUT2D eigenvalue weighted by Gasteiger charge is 2.53. The number of nitrogens with zero attached hydrogens (tertiary/aromatic N) is 4. The Labute approximate surface area is 202 Å². The molecular weight excluding hydrogens is 484 g/mol. The van der Waals surface area contributed by atoms with Crippen molar-refractivity contribution in [3.8, 4) is 5.75 Å². The van der Waals surface area contributed by atoms with Crippen molar-refractivity contribution in [2.75, 3.05) is 25.7 Å². The topological polar surface area (TPSA) is 163 Å². The number of amides is 2. The Kier molecular flexibility index (Phi) is 6.70. The Morgan fingerprint density at radius 3 is 2.88 bits per heavy atom. The first-order valence-corrected chi connectivity index (χ1v) is 11.8. The highest BCUT2D eigenvalue weighted by atomic mass is 32.2. The Balaban J connectivity index is 1.53. The molecule has 0 bridgehead atoms. The number of methoxy groups -OCH3 is 1. The lowest BCUT2D eigenvalue weighted by Crippen LogP contribution is -2.71. The van der Waals surface area contributed by atoms with Crippen LogP contribution >= 0.6 is 23.1 Å². The van der Waals surface area contributed by atoms with Crippen molar-refractivity contribution in [1.82, 2.24) is 15.2 Å². The Hall–Kier alpha value is -3.65. The normalized spacial score (nSPS) is 19.9. The minimum absolute atomic E-state index is 0.145. The van der Waals surface area contributed by atoms with Gasteiger partial charge in [0.25, 0.3) is 11.8 Å². The maximum atomic E-state index is 12.9. The molecule has 0 unspecified atom stereocenters. The molecule has 178 valence electrons. The zero-order chi connectivity index (χ0) is 24.4. The van der Waals surface area contributed by atoms with Crippen LogP contribution in [-0.4, -0.2) is 64.8 Å². The summed E-state index contributed by atoms with van der Waals surface area (Å²) in [5.74, 6) is -1.77. The van der Waals surface area contributed by atoms with Crippen LogP contribution in [-0.2, 0) is 25.8 Å². The first-order valence-electron chi connectivity index (χ1n) is 9.88. The van der Waals surface area contributed by atoms with Gasteiger partial charge in [0.1, 0.15) is 24.2 Å². The number of ether oxygens (including phenoxy) is 1. The van der Waals surface area contributed by atoms with Gasteiger partial charge >= 0.3 is 0 Å². The van der Waals surface area contributed by atoms with Crippen molar-refractivity contribution in [2.24, 2.45) is 5.16 Å². The van der Waals surface area contributed by atoms with Gasteiger partial charge in [-0.1, -0.05) is 5.16 Å². The minimum atomic E-state index is -1.46. The number of β-lactam (4-membered cyclic amide) rings is 1. The molecule has 14 heteroatoms. The van der Waals surface area contributed by atoms with E-state index in [9.17, 15) is 19.5 Å². The van der Waals surface area contributed by atoms with E-state index in [0.717, 1.165) is 16.2 Å². The van der Waals surface area contributed by atoms with Crippen LogP contribution in [0, 0.1) is 0 Å². The van der Waals surface area contributed by atoms with Gasteiger partial charge in [-0.3, -0.25) is 14.5 Å². The molecule has 4 heterocycles. The quantitative estimate of drug-likeness (QED) is 0.188. The monoisotopic (exact) mass is 504 g/mol.